The zero-order valence-corrected chi connectivity index (χ0v) is 10.3. The van der Waals surface area contributed by atoms with E-state index in [0.29, 0.717) is 6.79 Å². The first-order valence-corrected chi connectivity index (χ1v) is 5.94. The van der Waals surface area contributed by atoms with Gasteiger partial charge in [-0.05, 0) is 50.1 Å². The smallest absolute Gasteiger partial charge is 0.231 e. The van der Waals surface area contributed by atoms with Gasteiger partial charge < -0.3 is 19.9 Å². The van der Waals surface area contributed by atoms with E-state index >= 15 is 0 Å². The monoisotopic (exact) mass is 237 g/mol. The highest BCUT2D eigenvalue weighted by Crippen LogP contribution is 2.37. The summed E-state index contributed by atoms with van der Waals surface area (Å²) < 4.78 is 10.7. The highest BCUT2D eigenvalue weighted by Gasteiger charge is 2.19. The van der Waals surface area contributed by atoms with Crippen molar-refractivity contribution < 1.29 is 14.6 Å². The molecule has 1 aromatic carbocycles. The Balaban J connectivity index is 2.24. The molecule has 1 heterocycles. The number of fused-ring (bicyclic) bond motifs is 1. The van der Waals surface area contributed by atoms with E-state index in [2.05, 4.69) is 12.2 Å². The number of aryl methyl sites for hydroxylation is 1. The summed E-state index contributed by atoms with van der Waals surface area (Å²) in [5, 5.41) is 12.2. The molecule has 2 rings (SSSR count). The number of ether oxygens (including phenoxy) is 2. The fourth-order valence-corrected chi connectivity index (χ4v) is 2.19. The maximum absolute atomic E-state index is 8.91. The molecule has 0 saturated carbocycles. The van der Waals surface area contributed by atoms with Crippen molar-refractivity contribution in [3.8, 4) is 11.5 Å². The van der Waals surface area contributed by atoms with E-state index in [-0.39, 0.29) is 12.6 Å². The topological polar surface area (TPSA) is 50.7 Å². The number of rotatable bonds is 5. The number of aliphatic hydroxyl groups excluding tert-OH is 1. The quantitative estimate of drug-likeness (QED) is 0.819. The average Bonchev–Trinajstić information content (AvgIpc) is 2.77. The molecule has 1 aliphatic rings. The first-order chi connectivity index (χ1) is 8.26. The summed E-state index contributed by atoms with van der Waals surface area (Å²) in [6.45, 7) is 2.60. The lowest BCUT2D eigenvalue weighted by molar-refractivity contribution is 0.174. The van der Waals surface area contributed by atoms with Crippen molar-refractivity contribution in [2.45, 2.75) is 25.8 Å². The van der Waals surface area contributed by atoms with Gasteiger partial charge in [-0.15, -0.1) is 0 Å². The molecule has 1 atom stereocenters. The predicted octanol–water partition coefficient (Wildman–Crippen LogP) is 1.76. The molecule has 4 nitrogen and oxygen atoms in total. The molecule has 0 amide bonds. The zero-order valence-electron chi connectivity index (χ0n) is 10.3. The van der Waals surface area contributed by atoms with Crippen molar-refractivity contribution in [1.29, 1.82) is 0 Å². The van der Waals surface area contributed by atoms with Gasteiger partial charge in [0, 0.05) is 12.6 Å². The minimum absolute atomic E-state index is 0.224. The first kappa shape index (κ1) is 12.2. The number of nitrogens with one attached hydrogen (secondary N) is 1. The summed E-state index contributed by atoms with van der Waals surface area (Å²) in [7, 11) is 1.94. The average molecular weight is 237 g/mol. The second kappa shape index (κ2) is 5.38. The van der Waals surface area contributed by atoms with Crippen molar-refractivity contribution >= 4 is 0 Å². The normalized spacial score (nSPS) is 15.0. The summed E-state index contributed by atoms with van der Waals surface area (Å²) in [5.41, 5.74) is 2.40. The Morgan fingerprint density at radius 1 is 1.35 bits per heavy atom. The molecular weight excluding hydrogens is 218 g/mol. The molecule has 94 valence electrons. The van der Waals surface area contributed by atoms with Gasteiger partial charge in [0.05, 0.1) is 0 Å². The molecule has 0 aliphatic carbocycles. The summed E-state index contributed by atoms with van der Waals surface area (Å²) in [5.74, 6) is 1.64. The summed E-state index contributed by atoms with van der Waals surface area (Å²) in [6.07, 6.45) is 1.70. The van der Waals surface area contributed by atoms with Gasteiger partial charge in [-0.25, -0.2) is 0 Å². The molecule has 1 aromatic rings. The highest BCUT2D eigenvalue weighted by molar-refractivity contribution is 5.49. The molecule has 0 radical (unpaired) electrons. The second-order valence-electron chi connectivity index (χ2n) is 4.27. The third-order valence-electron chi connectivity index (χ3n) is 3.14. The number of benzene rings is 1. The summed E-state index contributed by atoms with van der Waals surface area (Å²) >= 11 is 0. The molecular formula is C13H19NO3. The van der Waals surface area contributed by atoms with Crippen LogP contribution in [-0.4, -0.2) is 25.6 Å². The van der Waals surface area contributed by atoms with Gasteiger partial charge in [0.2, 0.25) is 6.79 Å². The number of hydrogen-bond donors (Lipinski definition) is 2. The molecule has 2 N–H and O–H groups in total. The van der Waals surface area contributed by atoms with E-state index in [1.165, 1.54) is 11.1 Å². The van der Waals surface area contributed by atoms with Gasteiger partial charge in [0.15, 0.2) is 11.5 Å². The van der Waals surface area contributed by atoms with E-state index < -0.39 is 0 Å². The van der Waals surface area contributed by atoms with Crippen LogP contribution in [0.5, 0.6) is 11.5 Å². The van der Waals surface area contributed by atoms with Gasteiger partial charge in [-0.2, -0.15) is 0 Å². The molecule has 0 bridgehead atoms. The standard InChI is InChI=1S/C13H19NO3/c1-9-6-12-13(17-8-16-12)7-10(9)11(14-2)4-3-5-15/h6-7,11,14-15H,3-5,8H2,1-2H3. The summed E-state index contributed by atoms with van der Waals surface area (Å²) in [6, 6.07) is 4.30. The van der Waals surface area contributed by atoms with Crippen LogP contribution in [0.2, 0.25) is 0 Å². The first-order valence-electron chi connectivity index (χ1n) is 5.94. The van der Waals surface area contributed by atoms with Crippen LogP contribution in [-0.2, 0) is 0 Å². The molecule has 0 saturated heterocycles. The molecule has 17 heavy (non-hydrogen) atoms. The van der Waals surface area contributed by atoms with Crippen molar-refractivity contribution in [2.75, 3.05) is 20.4 Å². The van der Waals surface area contributed by atoms with Gasteiger partial charge in [-0.1, -0.05) is 0 Å². The van der Waals surface area contributed by atoms with Gasteiger partial charge in [0.1, 0.15) is 0 Å². The fourth-order valence-electron chi connectivity index (χ4n) is 2.19. The number of hydrogen-bond acceptors (Lipinski definition) is 4. The van der Waals surface area contributed by atoms with Crippen LogP contribution < -0.4 is 14.8 Å². The zero-order chi connectivity index (χ0) is 12.3. The maximum Gasteiger partial charge on any atom is 0.231 e. The Hall–Kier alpha value is -1.26. The van der Waals surface area contributed by atoms with Crippen molar-refractivity contribution in [3.05, 3.63) is 23.3 Å². The number of aliphatic hydroxyl groups is 1. The highest BCUT2D eigenvalue weighted by atomic mass is 16.7. The van der Waals surface area contributed by atoms with Crippen LogP contribution >= 0.6 is 0 Å². The van der Waals surface area contributed by atoms with Crippen LogP contribution in [0.3, 0.4) is 0 Å². The lowest BCUT2D eigenvalue weighted by Crippen LogP contribution is -2.17. The Morgan fingerprint density at radius 3 is 2.71 bits per heavy atom. The van der Waals surface area contributed by atoms with Crippen LogP contribution in [0, 0.1) is 6.92 Å². The summed E-state index contributed by atoms with van der Waals surface area (Å²) in [4.78, 5) is 0. The second-order valence-corrected chi connectivity index (χ2v) is 4.27. The minimum Gasteiger partial charge on any atom is -0.454 e. The van der Waals surface area contributed by atoms with Crippen molar-refractivity contribution in [1.82, 2.24) is 5.32 Å². The van der Waals surface area contributed by atoms with Crippen LogP contribution in [0.15, 0.2) is 12.1 Å². The Labute approximate surface area is 102 Å². The van der Waals surface area contributed by atoms with Crippen LogP contribution in [0.25, 0.3) is 0 Å². The van der Waals surface area contributed by atoms with E-state index in [4.69, 9.17) is 14.6 Å². The van der Waals surface area contributed by atoms with E-state index in [0.717, 1.165) is 24.3 Å². The molecule has 1 aliphatic heterocycles. The lowest BCUT2D eigenvalue weighted by Gasteiger charge is -2.19. The van der Waals surface area contributed by atoms with Crippen LogP contribution in [0.4, 0.5) is 0 Å². The van der Waals surface area contributed by atoms with Crippen molar-refractivity contribution in [3.63, 3.8) is 0 Å². The van der Waals surface area contributed by atoms with E-state index in [1.807, 2.05) is 19.2 Å². The lowest BCUT2D eigenvalue weighted by atomic mass is 9.97. The Morgan fingerprint density at radius 2 is 2.06 bits per heavy atom. The fraction of sp³-hybridized carbons (Fsp3) is 0.538. The Bertz CT molecular complexity index is 392. The van der Waals surface area contributed by atoms with Crippen LogP contribution in [0.1, 0.15) is 30.0 Å². The molecule has 0 spiro atoms. The van der Waals surface area contributed by atoms with Gasteiger partial charge in [0.25, 0.3) is 0 Å². The third-order valence-corrected chi connectivity index (χ3v) is 3.14. The Kier molecular flexibility index (Phi) is 3.86. The predicted molar refractivity (Wildman–Crippen MR) is 65.4 cm³/mol. The van der Waals surface area contributed by atoms with E-state index in [1.54, 1.807) is 0 Å². The maximum atomic E-state index is 8.91. The van der Waals surface area contributed by atoms with Crippen molar-refractivity contribution in [2.24, 2.45) is 0 Å². The minimum atomic E-state index is 0.224. The molecule has 0 aromatic heterocycles. The molecule has 4 heteroatoms. The SMILES string of the molecule is CNC(CCCO)c1cc2c(cc1C)OCO2. The third kappa shape index (κ3) is 2.53. The van der Waals surface area contributed by atoms with Gasteiger partial charge >= 0.3 is 0 Å². The molecule has 1 unspecified atom stereocenters. The largest absolute Gasteiger partial charge is 0.454 e. The van der Waals surface area contributed by atoms with E-state index in [9.17, 15) is 0 Å². The molecule has 0 fully saturated rings. The van der Waals surface area contributed by atoms with Gasteiger partial charge in [-0.3, -0.25) is 0 Å².